The van der Waals surface area contributed by atoms with Gasteiger partial charge in [0.1, 0.15) is 11.6 Å². The zero-order valence-corrected chi connectivity index (χ0v) is 10.7. The van der Waals surface area contributed by atoms with Crippen LogP contribution in [0, 0.1) is 5.82 Å². The molecular formula is C15H13FN4. The van der Waals surface area contributed by atoms with Crippen molar-refractivity contribution in [3.05, 3.63) is 72.4 Å². The highest BCUT2D eigenvalue weighted by molar-refractivity contribution is 5.35. The first-order valence-electron chi connectivity index (χ1n) is 6.26. The van der Waals surface area contributed by atoms with E-state index in [1.54, 1.807) is 12.3 Å². The summed E-state index contributed by atoms with van der Waals surface area (Å²) in [4.78, 5) is 3.94. The number of rotatable bonds is 4. The minimum atomic E-state index is -0.340. The molecule has 0 saturated carbocycles. The first-order chi connectivity index (χ1) is 9.81. The fraction of sp³-hybridized carbons (Fsp3) is 0.0667. The molecule has 0 aliphatic rings. The predicted molar refractivity (Wildman–Crippen MR) is 75.1 cm³/mol. The molecular weight excluding hydrogens is 255 g/mol. The molecule has 0 fully saturated rings. The Bertz CT molecular complexity index is 677. The molecule has 2 aromatic heterocycles. The molecule has 0 radical (unpaired) electrons. The average Bonchev–Trinajstić information content (AvgIpc) is 2.97. The van der Waals surface area contributed by atoms with E-state index in [1.807, 2.05) is 41.2 Å². The van der Waals surface area contributed by atoms with Crippen LogP contribution in [0.5, 0.6) is 0 Å². The van der Waals surface area contributed by atoms with Crippen LogP contribution < -0.4 is 5.32 Å². The van der Waals surface area contributed by atoms with Crippen molar-refractivity contribution in [1.29, 1.82) is 0 Å². The number of pyridine rings is 1. The third-order valence-corrected chi connectivity index (χ3v) is 2.86. The molecule has 0 saturated heterocycles. The lowest BCUT2D eigenvalue weighted by molar-refractivity contribution is 0.621. The van der Waals surface area contributed by atoms with Crippen LogP contribution in [0.25, 0.3) is 5.69 Å². The number of para-hydroxylation sites is 1. The SMILES string of the molecule is Fc1ccc(NCc2cnn(-c3ccccc3)c2)nc1. The Hall–Kier alpha value is -2.69. The Morgan fingerprint density at radius 3 is 2.65 bits per heavy atom. The Balaban J connectivity index is 1.67. The number of nitrogens with one attached hydrogen (secondary N) is 1. The zero-order valence-electron chi connectivity index (χ0n) is 10.7. The second kappa shape index (κ2) is 5.52. The monoisotopic (exact) mass is 268 g/mol. The molecule has 100 valence electrons. The van der Waals surface area contributed by atoms with Crippen LogP contribution in [-0.2, 0) is 6.54 Å². The summed E-state index contributed by atoms with van der Waals surface area (Å²) in [5.74, 6) is 0.298. The minimum Gasteiger partial charge on any atom is -0.366 e. The van der Waals surface area contributed by atoms with Crippen LogP contribution in [0.3, 0.4) is 0 Å². The number of nitrogens with zero attached hydrogens (tertiary/aromatic N) is 3. The number of benzene rings is 1. The number of anilines is 1. The van der Waals surface area contributed by atoms with Gasteiger partial charge in [-0.05, 0) is 24.3 Å². The molecule has 1 N–H and O–H groups in total. The molecule has 4 nitrogen and oxygen atoms in total. The van der Waals surface area contributed by atoms with Crippen LogP contribution in [-0.4, -0.2) is 14.8 Å². The Kier molecular flexibility index (Phi) is 3.41. The zero-order chi connectivity index (χ0) is 13.8. The quantitative estimate of drug-likeness (QED) is 0.791. The summed E-state index contributed by atoms with van der Waals surface area (Å²) in [6, 6.07) is 12.9. The Morgan fingerprint density at radius 1 is 1.05 bits per heavy atom. The summed E-state index contributed by atoms with van der Waals surface area (Å²) >= 11 is 0. The van der Waals surface area contributed by atoms with Crippen molar-refractivity contribution in [2.24, 2.45) is 0 Å². The van der Waals surface area contributed by atoms with E-state index in [9.17, 15) is 4.39 Å². The van der Waals surface area contributed by atoms with E-state index < -0.39 is 0 Å². The maximum Gasteiger partial charge on any atom is 0.141 e. The van der Waals surface area contributed by atoms with Crippen molar-refractivity contribution in [3.63, 3.8) is 0 Å². The molecule has 5 heteroatoms. The fourth-order valence-corrected chi connectivity index (χ4v) is 1.85. The van der Waals surface area contributed by atoms with Gasteiger partial charge in [0.05, 0.1) is 18.1 Å². The lowest BCUT2D eigenvalue weighted by Gasteiger charge is -2.03. The molecule has 2 heterocycles. The summed E-state index contributed by atoms with van der Waals surface area (Å²) in [6.07, 6.45) is 4.94. The highest BCUT2D eigenvalue weighted by Crippen LogP contribution is 2.10. The average molecular weight is 268 g/mol. The van der Waals surface area contributed by atoms with Crippen molar-refractivity contribution in [3.8, 4) is 5.69 Å². The van der Waals surface area contributed by atoms with Crippen LogP contribution in [0.2, 0.25) is 0 Å². The number of hydrogen-bond acceptors (Lipinski definition) is 3. The third-order valence-electron chi connectivity index (χ3n) is 2.86. The third kappa shape index (κ3) is 2.83. The molecule has 0 aliphatic carbocycles. The van der Waals surface area contributed by atoms with Gasteiger partial charge >= 0.3 is 0 Å². The lowest BCUT2D eigenvalue weighted by Crippen LogP contribution is -2.00. The molecule has 0 bridgehead atoms. The maximum absolute atomic E-state index is 12.7. The summed E-state index contributed by atoms with van der Waals surface area (Å²) in [5, 5.41) is 7.43. The molecule has 20 heavy (non-hydrogen) atoms. The Labute approximate surface area is 115 Å². The molecule has 0 aliphatic heterocycles. The first kappa shape index (κ1) is 12.3. The van der Waals surface area contributed by atoms with Gasteiger partial charge in [0.25, 0.3) is 0 Å². The van der Waals surface area contributed by atoms with Crippen molar-refractivity contribution in [2.75, 3.05) is 5.32 Å². The van der Waals surface area contributed by atoms with Crippen LogP contribution in [0.15, 0.2) is 61.1 Å². The van der Waals surface area contributed by atoms with E-state index in [0.29, 0.717) is 12.4 Å². The summed E-state index contributed by atoms with van der Waals surface area (Å²) in [7, 11) is 0. The Morgan fingerprint density at radius 2 is 1.90 bits per heavy atom. The van der Waals surface area contributed by atoms with E-state index in [2.05, 4.69) is 15.4 Å². The van der Waals surface area contributed by atoms with Gasteiger partial charge in [0.2, 0.25) is 0 Å². The number of halogens is 1. The molecule has 0 amide bonds. The van der Waals surface area contributed by atoms with E-state index in [0.717, 1.165) is 11.3 Å². The van der Waals surface area contributed by atoms with E-state index >= 15 is 0 Å². The topological polar surface area (TPSA) is 42.7 Å². The molecule has 0 unspecified atom stereocenters. The molecule has 3 rings (SSSR count). The number of hydrogen-bond donors (Lipinski definition) is 1. The second-order valence-corrected chi connectivity index (χ2v) is 4.34. The van der Waals surface area contributed by atoms with Gasteiger partial charge in [-0.3, -0.25) is 0 Å². The van der Waals surface area contributed by atoms with Crippen molar-refractivity contribution in [2.45, 2.75) is 6.54 Å². The standard InChI is InChI=1S/C15H13FN4/c16-13-6-7-15(18-10-13)17-8-12-9-19-20(11-12)14-4-2-1-3-5-14/h1-7,9-11H,8H2,(H,17,18). The summed E-state index contributed by atoms with van der Waals surface area (Å²) < 4.78 is 14.6. The molecule has 0 atom stereocenters. The largest absolute Gasteiger partial charge is 0.366 e. The number of aromatic nitrogens is 3. The van der Waals surface area contributed by atoms with Crippen LogP contribution in [0.4, 0.5) is 10.2 Å². The summed E-state index contributed by atoms with van der Waals surface area (Å²) in [5.41, 5.74) is 2.04. The van der Waals surface area contributed by atoms with E-state index in [1.165, 1.54) is 12.3 Å². The van der Waals surface area contributed by atoms with Gasteiger partial charge in [0, 0.05) is 18.3 Å². The fourth-order valence-electron chi connectivity index (χ4n) is 1.85. The van der Waals surface area contributed by atoms with Crippen molar-refractivity contribution < 1.29 is 4.39 Å². The molecule has 1 aromatic carbocycles. The van der Waals surface area contributed by atoms with Crippen LogP contribution in [0.1, 0.15) is 5.56 Å². The smallest absolute Gasteiger partial charge is 0.141 e. The van der Waals surface area contributed by atoms with Crippen molar-refractivity contribution in [1.82, 2.24) is 14.8 Å². The van der Waals surface area contributed by atoms with Crippen LogP contribution >= 0.6 is 0 Å². The minimum absolute atomic E-state index is 0.340. The highest BCUT2D eigenvalue weighted by atomic mass is 19.1. The van der Waals surface area contributed by atoms with Gasteiger partial charge in [-0.25, -0.2) is 14.1 Å². The maximum atomic E-state index is 12.7. The van der Waals surface area contributed by atoms with E-state index in [4.69, 9.17) is 0 Å². The van der Waals surface area contributed by atoms with E-state index in [-0.39, 0.29) is 5.82 Å². The van der Waals surface area contributed by atoms with Gasteiger partial charge in [-0.15, -0.1) is 0 Å². The van der Waals surface area contributed by atoms with Gasteiger partial charge < -0.3 is 5.32 Å². The highest BCUT2D eigenvalue weighted by Gasteiger charge is 2.01. The van der Waals surface area contributed by atoms with Crippen molar-refractivity contribution >= 4 is 5.82 Å². The summed E-state index contributed by atoms with van der Waals surface area (Å²) in [6.45, 7) is 0.589. The van der Waals surface area contributed by atoms with Gasteiger partial charge in [-0.2, -0.15) is 5.10 Å². The molecule has 3 aromatic rings. The first-order valence-corrected chi connectivity index (χ1v) is 6.26. The van der Waals surface area contributed by atoms with Gasteiger partial charge in [0.15, 0.2) is 0 Å². The lowest BCUT2D eigenvalue weighted by atomic mass is 10.3. The predicted octanol–water partition coefficient (Wildman–Crippen LogP) is 3.02. The normalized spacial score (nSPS) is 10.4. The second-order valence-electron chi connectivity index (χ2n) is 4.34. The van der Waals surface area contributed by atoms with Gasteiger partial charge in [-0.1, -0.05) is 18.2 Å². The molecule has 0 spiro atoms.